The van der Waals surface area contributed by atoms with Crippen molar-refractivity contribution in [3.05, 3.63) is 51.0 Å². The molecule has 3 nitrogen and oxygen atoms in total. The fourth-order valence-corrected chi connectivity index (χ4v) is 2.90. The van der Waals surface area contributed by atoms with Crippen LogP contribution in [0.4, 0.5) is 4.39 Å². The minimum atomic E-state index is -0.306. The standard InChI is InChI=1S/C16H18BrFN2O/c1-10-15(11(2)20(3)19-10)7-6-14(21)8-12-4-5-13(18)9-16(12)17/h4-5,9H,6-8H2,1-3H3. The summed E-state index contributed by atoms with van der Waals surface area (Å²) >= 11 is 3.29. The van der Waals surface area contributed by atoms with Crippen LogP contribution in [0.25, 0.3) is 0 Å². The monoisotopic (exact) mass is 352 g/mol. The predicted molar refractivity (Wildman–Crippen MR) is 83.8 cm³/mol. The second kappa shape index (κ2) is 6.52. The van der Waals surface area contributed by atoms with Gasteiger partial charge in [0.25, 0.3) is 0 Å². The molecule has 0 amide bonds. The van der Waals surface area contributed by atoms with E-state index < -0.39 is 0 Å². The van der Waals surface area contributed by atoms with Gasteiger partial charge in [-0.2, -0.15) is 5.10 Å². The van der Waals surface area contributed by atoms with Crippen LogP contribution in [0.5, 0.6) is 0 Å². The van der Waals surface area contributed by atoms with Crippen LogP contribution in [-0.2, 0) is 24.7 Å². The maximum Gasteiger partial charge on any atom is 0.137 e. The van der Waals surface area contributed by atoms with E-state index in [1.807, 2.05) is 25.6 Å². The fraction of sp³-hybridized carbons (Fsp3) is 0.375. The Morgan fingerprint density at radius 2 is 2.10 bits per heavy atom. The second-order valence-electron chi connectivity index (χ2n) is 5.22. The molecule has 21 heavy (non-hydrogen) atoms. The number of rotatable bonds is 5. The Kier molecular flexibility index (Phi) is 4.93. The number of aromatic nitrogens is 2. The molecule has 0 aliphatic carbocycles. The van der Waals surface area contributed by atoms with E-state index in [1.54, 1.807) is 6.07 Å². The summed E-state index contributed by atoms with van der Waals surface area (Å²) in [5, 5.41) is 4.35. The molecule has 0 atom stereocenters. The van der Waals surface area contributed by atoms with Crippen LogP contribution in [0.1, 0.15) is 28.9 Å². The first kappa shape index (κ1) is 15.9. The average Bonchev–Trinajstić information content (AvgIpc) is 2.65. The minimum absolute atomic E-state index is 0.143. The number of hydrogen-bond acceptors (Lipinski definition) is 2. The Bertz CT molecular complexity index is 679. The lowest BCUT2D eigenvalue weighted by molar-refractivity contribution is -0.118. The lowest BCUT2D eigenvalue weighted by Crippen LogP contribution is -2.06. The molecule has 0 radical (unpaired) electrons. The molecule has 0 aliphatic heterocycles. The summed E-state index contributed by atoms with van der Waals surface area (Å²) in [6, 6.07) is 4.42. The second-order valence-corrected chi connectivity index (χ2v) is 6.08. The van der Waals surface area contributed by atoms with Crippen molar-refractivity contribution in [3.63, 3.8) is 0 Å². The smallest absolute Gasteiger partial charge is 0.137 e. The normalized spacial score (nSPS) is 10.9. The molecule has 5 heteroatoms. The van der Waals surface area contributed by atoms with Gasteiger partial charge in [0, 0.05) is 30.1 Å². The molecular weight excluding hydrogens is 335 g/mol. The zero-order chi connectivity index (χ0) is 15.6. The molecule has 1 aromatic carbocycles. The highest BCUT2D eigenvalue weighted by atomic mass is 79.9. The molecule has 0 saturated carbocycles. The first-order valence-corrected chi connectivity index (χ1v) is 7.62. The van der Waals surface area contributed by atoms with Crippen LogP contribution in [0.2, 0.25) is 0 Å². The largest absolute Gasteiger partial charge is 0.299 e. The van der Waals surface area contributed by atoms with Gasteiger partial charge in [-0.3, -0.25) is 9.48 Å². The van der Waals surface area contributed by atoms with Gasteiger partial charge in [0.05, 0.1) is 5.69 Å². The Labute approximate surface area is 132 Å². The minimum Gasteiger partial charge on any atom is -0.299 e. The first-order chi connectivity index (χ1) is 9.88. The zero-order valence-corrected chi connectivity index (χ0v) is 14.0. The molecule has 1 aromatic heterocycles. The molecule has 0 spiro atoms. The third kappa shape index (κ3) is 3.79. The molecule has 2 aromatic rings. The molecule has 0 N–H and O–H groups in total. The summed E-state index contributed by atoms with van der Waals surface area (Å²) in [6.07, 6.45) is 1.49. The van der Waals surface area contributed by atoms with E-state index >= 15 is 0 Å². The number of Topliss-reactive ketones (excluding diaryl/α,β-unsaturated/α-hetero) is 1. The zero-order valence-electron chi connectivity index (χ0n) is 12.4. The SMILES string of the molecule is Cc1nn(C)c(C)c1CCC(=O)Cc1ccc(F)cc1Br. The van der Waals surface area contributed by atoms with Gasteiger partial charge in [-0.15, -0.1) is 0 Å². The van der Waals surface area contributed by atoms with E-state index in [1.165, 1.54) is 12.1 Å². The van der Waals surface area contributed by atoms with Gasteiger partial charge < -0.3 is 0 Å². The number of carbonyl (C=O) groups is 1. The van der Waals surface area contributed by atoms with Crippen LogP contribution in [0.15, 0.2) is 22.7 Å². The van der Waals surface area contributed by atoms with E-state index in [-0.39, 0.29) is 11.6 Å². The first-order valence-electron chi connectivity index (χ1n) is 6.83. The Balaban J connectivity index is 1.99. The van der Waals surface area contributed by atoms with Gasteiger partial charge in [-0.1, -0.05) is 22.0 Å². The van der Waals surface area contributed by atoms with Crippen molar-refractivity contribution in [1.82, 2.24) is 9.78 Å². The van der Waals surface area contributed by atoms with E-state index in [9.17, 15) is 9.18 Å². The van der Waals surface area contributed by atoms with Crippen molar-refractivity contribution >= 4 is 21.7 Å². The van der Waals surface area contributed by atoms with Crippen LogP contribution < -0.4 is 0 Å². The van der Waals surface area contributed by atoms with Gasteiger partial charge >= 0.3 is 0 Å². The van der Waals surface area contributed by atoms with E-state index in [2.05, 4.69) is 21.0 Å². The third-order valence-corrected chi connectivity index (χ3v) is 4.45. The van der Waals surface area contributed by atoms with Gasteiger partial charge in [0.15, 0.2) is 0 Å². The van der Waals surface area contributed by atoms with Crippen molar-refractivity contribution < 1.29 is 9.18 Å². The summed E-state index contributed by atoms with van der Waals surface area (Å²) in [5.74, 6) is -0.162. The number of halogens is 2. The summed E-state index contributed by atoms with van der Waals surface area (Å²) < 4.78 is 15.5. The maximum absolute atomic E-state index is 13.0. The molecule has 0 unspecified atom stereocenters. The lowest BCUT2D eigenvalue weighted by atomic mass is 10.0. The van der Waals surface area contributed by atoms with Crippen molar-refractivity contribution in [2.24, 2.45) is 7.05 Å². The number of hydrogen-bond donors (Lipinski definition) is 0. The van der Waals surface area contributed by atoms with Crippen molar-refractivity contribution in [2.45, 2.75) is 33.1 Å². The number of aryl methyl sites for hydroxylation is 2. The maximum atomic E-state index is 13.0. The molecule has 0 bridgehead atoms. The Morgan fingerprint density at radius 1 is 1.38 bits per heavy atom. The van der Waals surface area contributed by atoms with E-state index in [0.717, 1.165) is 22.5 Å². The lowest BCUT2D eigenvalue weighted by Gasteiger charge is -2.05. The molecule has 0 fully saturated rings. The molecule has 1 heterocycles. The van der Waals surface area contributed by atoms with Crippen molar-refractivity contribution in [3.8, 4) is 0 Å². The topological polar surface area (TPSA) is 34.9 Å². The van der Waals surface area contributed by atoms with Crippen LogP contribution >= 0.6 is 15.9 Å². The number of ketones is 1. The van der Waals surface area contributed by atoms with Crippen LogP contribution in [-0.4, -0.2) is 15.6 Å². The summed E-state index contributed by atoms with van der Waals surface area (Å²) in [7, 11) is 1.91. The number of benzene rings is 1. The third-order valence-electron chi connectivity index (χ3n) is 3.72. The Morgan fingerprint density at radius 3 is 2.67 bits per heavy atom. The highest BCUT2D eigenvalue weighted by molar-refractivity contribution is 9.10. The van der Waals surface area contributed by atoms with Gasteiger partial charge in [0.2, 0.25) is 0 Å². The average molecular weight is 353 g/mol. The van der Waals surface area contributed by atoms with Crippen LogP contribution in [0, 0.1) is 19.7 Å². The molecule has 0 aliphatic rings. The van der Waals surface area contributed by atoms with Gasteiger partial charge in [-0.05, 0) is 43.5 Å². The quantitative estimate of drug-likeness (QED) is 0.822. The summed E-state index contributed by atoms with van der Waals surface area (Å²) in [5.41, 5.74) is 4.04. The number of nitrogens with zero attached hydrogens (tertiary/aromatic N) is 2. The van der Waals surface area contributed by atoms with Crippen molar-refractivity contribution in [1.29, 1.82) is 0 Å². The summed E-state index contributed by atoms with van der Waals surface area (Å²) in [4.78, 5) is 12.1. The summed E-state index contributed by atoms with van der Waals surface area (Å²) in [6.45, 7) is 3.97. The molecule has 2 rings (SSSR count). The van der Waals surface area contributed by atoms with E-state index in [4.69, 9.17) is 0 Å². The highest BCUT2D eigenvalue weighted by Gasteiger charge is 2.13. The van der Waals surface area contributed by atoms with Gasteiger partial charge in [0.1, 0.15) is 11.6 Å². The molecule has 112 valence electrons. The Hall–Kier alpha value is -1.49. The molecule has 0 saturated heterocycles. The van der Waals surface area contributed by atoms with Crippen LogP contribution in [0.3, 0.4) is 0 Å². The van der Waals surface area contributed by atoms with Gasteiger partial charge in [-0.25, -0.2) is 4.39 Å². The molecular formula is C16H18BrFN2O. The predicted octanol–water partition coefficient (Wildman–Crippen LogP) is 3.68. The highest BCUT2D eigenvalue weighted by Crippen LogP contribution is 2.20. The van der Waals surface area contributed by atoms with Crippen molar-refractivity contribution in [2.75, 3.05) is 0 Å². The van der Waals surface area contributed by atoms with E-state index in [0.29, 0.717) is 23.7 Å². The number of carbonyl (C=O) groups excluding carboxylic acids is 1. The fourth-order valence-electron chi connectivity index (χ4n) is 2.41.